The summed E-state index contributed by atoms with van der Waals surface area (Å²) in [4.78, 5) is 33.3. The van der Waals surface area contributed by atoms with Crippen LogP contribution in [0.5, 0.6) is 0 Å². The molecule has 40 heavy (non-hydrogen) atoms. The maximum atomic E-state index is 11.9. The summed E-state index contributed by atoms with van der Waals surface area (Å²) in [5.41, 5.74) is 0. The number of phosphoric acid groups is 1. The number of carbonyl (C=O) groups is 2. The molecule has 3 N–H and O–H groups in total. The van der Waals surface area contributed by atoms with Gasteiger partial charge in [0.1, 0.15) is 12.7 Å². The Kier molecular flexibility index (Phi) is 26.6. The molecule has 0 aromatic heterocycles. The topological polar surface area (TPSA) is 131 Å². The number of nitrogens with one attached hydrogen (secondary N) is 1. The zero-order valence-electron chi connectivity index (χ0n) is 25.0. The van der Waals surface area contributed by atoms with Gasteiger partial charge in [-0.05, 0) is 38.5 Å². The van der Waals surface area contributed by atoms with Gasteiger partial charge in [0, 0.05) is 19.4 Å². The zero-order chi connectivity index (χ0) is 29.7. The third-order valence-corrected chi connectivity index (χ3v) is 7.12. The molecule has 234 valence electrons. The molecule has 0 bridgehead atoms. The second kappa shape index (κ2) is 27.6. The lowest BCUT2D eigenvalue weighted by molar-refractivity contribution is -0.147. The molecule has 0 aliphatic heterocycles. The first-order chi connectivity index (χ1) is 19.3. The fraction of sp³-hybridized carbons (Fsp3) is 0.800. The number of unbranched alkanes of at least 4 members (excludes halogenated alkanes) is 11. The van der Waals surface area contributed by atoms with Gasteiger partial charge in [-0.15, -0.1) is 0 Å². The molecule has 1 amide bonds. The Balaban J connectivity index is 3.69. The van der Waals surface area contributed by atoms with E-state index in [2.05, 4.69) is 43.5 Å². The molecule has 0 saturated carbocycles. The van der Waals surface area contributed by atoms with Gasteiger partial charge in [0.15, 0.2) is 0 Å². The second-order valence-corrected chi connectivity index (χ2v) is 11.5. The van der Waals surface area contributed by atoms with E-state index >= 15 is 0 Å². The van der Waals surface area contributed by atoms with Crippen molar-refractivity contribution in [3.05, 3.63) is 24.3 Å². The van der Waals surface area contributed by atoms with Gasteiger partial charge in [0.2, 0.25) is 5.91 Å². The van der Waals surface area contributed by atoms with E-state index in [0.717, 1.165) is 77.0 Å². The van der Waals surface area contributed by atoms with Crippen molar-refractivity contribution in [2.45, 2.75) is 129 Å². The Bertz CT molecular complexity index is 728. The average molecular weight is 590 g/mol. The molecule has 0 heterocycles. The van der Waals surface area contributed by atoms with E-state index in [-0.39, 0.29) is 32.1 Å². The molecule has 0 aromatic carbocycles. The summed E-state index contributed by atoms with van der Waals surface area (Å²) in [6, 6.07) is 0. The lowest BCUT2D eigenvalue weighted by Gasteiger charge is -2.15. The maximum absolute atomic E-state index is 11.9. The van der Waals surface area contributed by atoms with Gasteiger partial charge >= 0.3 is 13.8 Å². The number of esters is 1. The standard InChI is InChI=1S/C30H56NO8P/c1-3-5-7-9-10-11-12-13-14-15-16-17-19-21-23-30(34)37-26-28(32)27-39-40(35,36)38-25-24-31-29(33)22-20-18-8-6-4-2/h9-10,12-13,28,32H,3-8,11,14-27H2,1-2H3,(H,31,33)(H,35,36)/b10-9-,13-12-. The fourth-order valence-electron chi connectivity index (χ4n) is 3.75. The van der Waals surface area contributed by atoms with E-state index < -0.39 is 26.5 Å². The second-order valence-electron chi connectivity index (χ2n) is 10.1. The molecular formula is C30H56NO8P. The Hall–Kier alpha value is -1.51. The van der Waals surface area contributed by atoms with Crippen LogP contribution in [0, 0.1) is 0 Å². The molecule has 0 saturated heterocycles. The van der Waals surface area contributed by atoms with Crippen LogP contribution in [-0.2, 0) is 27.9 Å². The quantitative estimate of drug-likeness (QED) is 0.0388. The Morgan fingerprint density at radius 3 is 2.08 bits per heavy atom. The molecule has 0 aliphatic carbocycles. The molecule has 2 atom stereocenters. The minimum Gasteiger partial charge on any atom is -0.463 e. The predicted molar refractivity (Wildman–Crippen MR) is 160 cm³/mol. The predicted octanol–water partition coefficient (Wildman–Crippen LogP) is 6.92. The van der Waals surface area contributed by atoms with E-state index in [1.54, 1.807) is 0 Å². The van der Waals surface area contributed by atoms with Gasteiger partial charge in [-0.1, -0.05) is 95.9 Å². The number of aliphatic hydroxyl groups excluding tert-OH is 1. The van der Waals surface area contributed by atoms with Crippen LogP contribution < -0.4 is 5.32 Å². The summed E-state index contributed by atoms with van der Waals surface area (Å²) in [6.45, 7) is 3.36. The highest BCUT2D eigenvalue weighted by atomic mass is 31.2. The lowest BCUT2D eigenvalue weighted by Crippen LogP contribution is -2.27. The highest BCUT2D eigenvalue weighted by molar-refractivity contribution is 7.47. The molecule has 0 fully saturated rings. The highest BCUT2D eigenvalue weighted by Crippen LogP contribution is 2.42. The van der Waals surface area contributed by atoms with Crippen molar-refractivity contribution in [2.75, 3.05) is 26.4 Å². The molecule has 0 aliphatic rings. The molecular weight excluding hydrogens is 533 g/mol. The zero-order valence-corrected chi connectivity index (χ0v) is 25.9. The van der Waals surface area contributed by atoms with Crippen molar-refractivity contribution in [2.24, 2.45) is 0 Å². The third kappa shape index (κ3) is 28.0. The normalized spacial score (nSPS) is 14.0. The Labute approximate surface area is 242 Å². The summed E-state index contributed by atoms with van der Waals surface area (Å²) in [5.74, 6) is -0.547. The largest absolute Gasteiger partial charge is 0.472 e. The van der Waals surface area contributed by atoms with E-state index in [1.165, 1.54) is 19.3 Å². The Morgan fingerprint density at radius 2 is 1.38 bits per heavy atom. The maximum Gasteiger partial charge on any atom is 0.472 e. The highest BCUT2D eigenvalue weighted by Gasteiger charge is 2.23. The van der Waals surface area contributed by atoms with Crippen LogP contribution >= 0.6 is 7.82 Å². The lowest BCUT2D eigenvalue weighted by atomic mass is 10.1. The van der Waals surface area contributed by atoms with E-state index in [9.17, 15) is 24.2 Å². The molecule has 2 unspecified atom stereocenters. The van der Waals surface area contributed by atoms with Gasteiger partial charge in [-0.2, -0.15) is 0 Å². The number of allylic oxidation sites excluding steroid dienone is 4. The van der Waals surface area contributed by atoms with Crippen LogP contribution in [-0.4, -0.2) is 54.3 Å². The molecule has 9 nitrogen and oxygen atoms in total. The van der Waals surface area contributed by atoms with Gasteiger partial charge in [0.05, 0.1) is 13.2 Å². The third-order valence-electron chi connectivity index (χ3n) is 6.13. The van der Waals surface area contributed by atoms with E-state index in [1.807, 2.05) is 0 Å². The van der Waals surface area contributed by atoms with Crippen molar-refractivity contribution >= 4 is 19.7 Å². The van der Waals surface area contributed by atoms with Crippen LogP contribution in [0.2, 0.25) is 0 Å². The molecule has 0 radical (unpaired) electrons. The van der Waals surface area contributed by atoms with Crippen LogP contribution in [0.3, 0.4) is 0 Å². The fourth-order valence-corrected chi connectivity index (χ4v) is 4.50. The monoisotopic (exact) mass is 589 g/mol. The molecule has 0 spiro atoms. The number of phosphoric ester groups is 1. The van der Waals surface area contributed by atoms with E-state index in [4.69, 9.17) is 13.8 Å². The minimum atomic E-state index is -4.39. The van der Waals surface area contributed by atoms with Crippen molar-refractivity contribution in [3.63, 3.8) is 0 Å². The van der Waals surface area contributed by atoms with Crippen LogP contribution in [0.4, 0.5) is 0 Å². The molecule has 0 aromatic rings. The molecule has 10 heteroatoms. The van der Waals surface area contributed by atoms with Crippen molar-refractivity contribution in [1.29, 1.82) is 0 Å². The number of amides is 1. The van der Waals surface area contributed by atoms with Crippen molar-refractivity contribution < 1.29 is 37.9 Å². The first kappa shape index (κ1) is 38.5. The van der Waals surface area contributed by atoms with Gasteiger partial charge in [-0.3, -0.25) is 18.6 Å². The van der Waals surface area contributed by atoms with Crippen LogP contribution in [0.1, 0.15) is 123 Å². The summed E-state index contributed by atoms with van der Waals surface area (Å²) in [7, 11) is -4.39. The van der Waals surface area contributed by atoms with Crippen LogP contribution in [0.15, 0.2) is 24.3 Å². The Morgan fingerprint density at radius 1 is 0.775 bits per heavy atom. The number of rotatable bonds is 28. The summed E-state index contributed by atoms with van der Waals surface area (Å²) in [5, 5.41) is 12.5. The number of ether oxygens (including phenoxy) is 1. The molecule has 0 rings (SSSR count). The first-order valence-electron chi connectivity index (χ1n) is 15.3. The number of aliphatic hydroxyl groups is 1. The van der Waals surface area contributed by atoms with E-state index in [0.29, 0.717) is 6.42 Å². The average Bonchev–Trinajstić information content (AvgIpc) is 2.93. The summed E-state index contributed by atoms with van der Waals surface area (Å²) < 4.78 is 26.5. The number of carbonyl (C=O) groups excluding carboxylic acids is 2. The van der Waals surface area contributed by atoms with Gasteiger partial charge in [0.25, 0.3) is 0 Å². The minimum absolute atomic E-state index is 0.0794. The van der Waals surface area contributed by atoms with Crippen molar-refractivity contribution in [3.8, 4) is 0 Å². The smallest absolute Gasteiger partial charge is 0.463 e. The first-order valence-corrected chi connectivity index (χ1v) is 16.8. The van der Waals surface area contributed by atoms with Gasteiger partial charge < -0.3 is 20.1 Å². The number of hydrogen-bond acceptors (Lipinski definition) is 7. The summed E-state index contributed by atoms with van der Waals surface area (Å²) >= 11 is 0. The number of hydrogen-bond donors (Lipinski definition) is 3. The van der Waals surface area contributed by atoms with Crippen molar-refractivity contribution in [1.82, 2.24) is 5.32 Å². The van der Waals surface area contributed by atoms with Crippen LogP contribution in [0.25, 0.3) is 0 Å². The summed E-state index contributed by atoms with van der Waals surface area (Å²) in [6.07, 6.45) is 24.3. The van der Waals surface area contributed by atoms with Gasteiger partial charge in [-0.25, -0.2) is 4.57 Å². The SMILES string of the molecule is CCCC/C=C\C/C=C\CCCCCCCC(=O)OCC(O)COP(=O)(O)OCCNC(=O)CCCCCCC.